The third-order valence-corrected chi connectivity index (χ3v) is 5.87. The van der Waals surface area contributed by atoms with Gasteiger partial charge in [0.05, 0.1) is 12.0 Å². The molecule has 0 bridgehead atoms. The molecule has 2 aromatic rings. The van der Waals surface area contributed by atoms with Crippen LogP contribution >= 0.6 is 0 Å². The predicted molar refractivity (Wildman–Crippen MR) is 96.4 cm³/mol. The number of fused-ring (bicyclic) bond motifs is 1. The van der Waals surface area contributed by atoms with Crippen LogP contribution in [0.4, 0.5) is 5.95 Å². The number of anilines is 1. The summed E-state index contributed by atoms with van der Waals surface area (Å²) in [5.74, 6) is 0.615. The molecule has 1 atom stereocenters. The Hall–Kier alpha value is -1.95. The zero-order valence-electron chi connectivity index (χ0n) is 15.0. The van der Waals surface area contributed by atoms with Crippen molar-refractivity contribution >= 4 is 23.0 Å². The molecule has 0 radical (unpaired) electrons. The van der Waals surface area contributed by atoms with E-state index in [-0.39, 0.29) is 18.2 Å². The minimum absolute atomic E-state index is 0.109. The molecular formula is C19H26N4O2. The van der Waals surface area contributed by atoms with Gasteiger partial charge < -0.3 is 5.11 Å². The van der Waals surface area contributed by atoms with Gasteiger partial charge in [0.15, 0.2) is 5.65 Å². The largest absolute Gasteiger partial charge is 0.389 e. The molecule has 2 aliphatic carbocycles. The second-order valence-electron chi connectivity index (χ2n) is 7.90. The van der Waals surface area contributed by atoms with E-state index in [1.807, 2.05) is 19.1 Å². The summed E-state index contributed by atoms with van der Waals surface area (Å²) in [6.07, 6.45) is 6.63. The highest BCUT2D eigenvalue weighted by Gasteiger charge is 2.38. The smallest absolute Gasteiger partial charge is 0.229 e. The fourth-order valence-corrected chi connectivity index (χ4v) is 3.82. The van der Waals surface area contributed by atoms with Crippen LogP contribution < -0.4 is 5.32 Å². The van der Waals surface area contributed by atoms with Gasteiger partial charge >= 0.3 is 0 Å². The fourth-order valence-electron chi connectivity index (χ4n) is 3.82. The summed E-state index contributed by atoms with van der Waals surface area (Å²) in [4.78, 5) is 21.8. The normalized spacial score (nSPS) is 20.8. The number of amides is 1. The molecule has 0 spiro atoms. The van der Waals surface area contributed by atoms with E-state index in [1.165, 1.54) is 6.42 Å². The van der Waals surface area contributed by atoms with Gasteiger partial charge in [0.1, 0.15) is 5.52 Å². The number of nitrogens with one attached hydrogen (secondary N) is 1. The molecule has 1 unspecified atom stereocenters. The van der Waals surface area contributed by atoms with Crippen LogP contribution in [0, 0.1) is 12.8 Å². The zero-order valence-corrected chi connectivity index (χ0v) is 15.0. The molecule has 1 amide bonds. The number of nitrogens with zero attached hydrogens (tertiary/aromatic N) is 3. The first-order valence-electron chi connectivity index (χ1n) is 9.32. The van der Waals surface area contributed by atoms with Crippen LogP contribution in [0.5, 0.6) is 0 Å². The van der Waals surface area contributed by atoms with Crippen LogP contribution in [0.2, 0.25) is 0 Å². The number of imidazole rings is 1. The van der Waals surface area contributed by atoms with Crippen molar-refractivity contribution in [2.24, 2.45) is 5.92 Å². The van der Waals surface area contributed by atoms with Crippen molar-refractivity contribution in [1.82, 2.24) is 14.5 Å². The Morgan fingerprint density at radius 3 is 2.60 bits per heavy atom. The number of hydrogen-bond donors (Lipinski definition) is 2. The number of aryl methyl sites for hydroxylation is 1. The molecule has 0 aliphatic heterocycles. The first-order valence-corrected chi connectivity index (χ1v) is 9.32. The molecule has 6 nitrogen and oxygen atoms in total. The van der Waals surface area contributed by atoms with Gasteiger partial charge in [-0.05, 0) is 64.0 Å². The molecule has 4 rings (SSSR count). The minimum Gasteiger partial charge on any atom is -0.389 e. The molecule has 134 valence electrons. The monoisotopic (exact) mass is 342 g/mol. The van der Waals surface area contributed by atoms with Gasteiger partial charge in [-0.2, -0.15) is 0 Å². The number of rotatable bonds is 5. The third-order valence-electron chi connectivity index (χ3n) is 5.87. The summed E-state index contributed by atoms with van der Waals surface area (Å²) >= 11 is 0. The van der Waals surface area contributed by atoms with Gasteiger partial charge in [-0.3, -0.25) is 14.7 Å². The van der Waals surface area contributed by atoms with Crippen molar-refractivity contribution in [1.29, 1.82) is 0 Å². The highest BCUT2D eigenvalue weighted by molar-refractivity contribution is 5.91. The Morgan fingerprint density at radius 1 is 1.28 bits per heavy atom. The quantitative estimate of drug-likeness (QED) is 0.873. The number of aliphatic hydroxyl groups is 1. The van der Waals surface area contributed by atoms with Gasteiger partial charge in [-0.15, -0.1) is 0 Å². The molecule has 0 aromatic carbocycles. The average molecular weight is 342 g/mol. The zero-order chi connectivity index (χ0) is 17.6. The first kappa shape index (κ1) is 16.5. The minimum atomic E-state index is -0.940. The highest BCUT2D eigenvalue weighted by Crippen LogP contribution is 2.39. The predicted octanol–water partition coefficient (Wildman–Crippen LogP) is 3.34. The van der Waals surface area contributed by atoms with Crippen molar-refractivity contribution in [3.05, 3.63) is 17.8 Å². The fraction of sp³-hybridized carbons (Fsp3) is 0.632. The summed E-state index contributed by atoms with van der Waals surface area (Å²) in [5.41, 5.74) is 1.65. The molecule has 2 saturated carbocycles. The number of hydrogen-bond acceptors (Lipinski definition) is 4. The summed E-state index contributed by atoms with van der Waals surface area (Å²) in [6.45, 7) is 3.74. The van der Waals surface area contributed by atoms with Crippen molar-refractivity contribution in [2.45, 2.75) is 70.4 Å². The Labute approximate surface area is 147 Å². The van der Waals surface area contributed by atoms with Gasteiger partial charge in [0, 0.05) is 11.7 Å². The lowest BCUT2D eigenvalue weighted by molar-refractivity contribution is -0.124. The Kier molecular flexibility index (Phi) is 4.02. The van der Waals surface area contributed by atoms with E-state index in [0.29, 0.717) is 12.0 Å². The lowest BCUT2D eigenvalue weighted by atomic mass is 9.72. The van der Waals surface area contributed by atoms with E-state index in [4.69, 9.17) is 0 Å². The molecule has 0 saturated heterocycles. The van der Waals surface area contributed by atoms with Crippen molar-refractivity contribution in [2.75, 3.05) is 5.32 Å². The van der Waals surface area contributed by atoms with Crippen LogP contribution in [-0.4, -0.2) is 31.1 Å². The second-order valence-corrected chi connectivity index (χ2v) is 7.90. The highest BCUT2D eigenvalue weighted by atomic mass is 16.3. The lowest BCUT2D eigenvalue weighted by Gasteiger charge is -2.38. The molecule has 2 fully saturated rings. The molecule has 2 aliphatic rings. The van der Waals surface area contributed by atoms with Crippen molar-refractivity contribution in [3.63, 3.8) is 0 Å². The maximum Gasteiger partial charge on any atom is 0.229 e. The second kappa shape index (κ2) is 6.09. The van der Waals surface area contributed by atoms with E-state index >= 15 is 0 Å². The molecule has 2 heterocycles. The van der Waals surface area contributed by atoms with Gasteiger partial charge in [0.2, 0.25) is 11.9 Å². The van der Waals surface area contributed by atoms with Gasteiger partial charge in [0.25, 0.3) is 0 Å². The summed E-state index contributed by atoms with van der Waals surface area (Å²) in [5, 5.41) is 13.5. The molecular weight excluding hydrogens is 316 g/mol. The van der Waals surface area contributed by atoms with E-state index in [9.17, 15) is 9.90 Å². The van der Waals surface area contributed by atoms with Gasteiger partial charge in [-0.25, -0.2) is 9.97 Å². The van der Waals surface area contributed by atoms with Crippen LogP contribution in [0.25, 0.3) is 11.2 Å². The van der Waals surface area contributed by atoms with E-state index in [1.54, 1.807) is 6.92 Å². The maximum absolute atomic E-state index is 12.6. The van der Waals surface area contributed by atoms with E-state index in [0.717, 1.165) is 49.0 Å². The van der Waals surface area contributed by atoms with Gasteiger partial charge in [-0.1, -0.05) is 6.42 Å². The van der Waals surface area contributed by atoms with Crippen LogP contribution in [0.3, 0.4) is 0 Å². The number of carbonyl (C=O) groups is 1. The van der Waals surface area contributed by atoms with Crippen molar-refractivity contribution in [3.8, 4) is 0 Å². The summed E-state index contributed by atoms with van der Waals surface area (Å²) in [6, 6.07) is 4.24. The lowest BCUT2D eigenvalue weighted by Crippen LogP contribution is -2.42. The van der Waals surface area contributed by atoms with E-state index in [2.05, 4.69) is 19.9 Å². The number of pyridine rings is 1. The summed E-state index contributed by atoms with van der Waals surface area (Å²) in [7, 11) is 0. The topological polar surface area (TPSA) is 80.0 Å². The SMILES string of the molecule is Cc1ccc2nc(NC(=O)CC(C)(O)C3CCC3)n(C3CCC3)c2n1. The molecule has 25 heavy (non-hydrogen) atoms. The van der Waals surface area contributed by atoms with Crippen LogP contribution in [-0.2, 0) is 4.79 Å². The Bertz CT molecular complexity index is 803. The summed E-state index contributed by atoms with van der Waals surface area (Å²) < 4.78 is 2.07. The van der Waals surface area contributed by atoms with Crippen LogP contribution in [0.15, 0.2) is 12.1 Å². The maximum atomic E-state index is 12.6. The molecule has 6 heteroatoms. The number of carbonyl (C=O) groups excluding carboxylic acids is 1. The Balaban J connectivity index is 1.59. The third kappa shape index (κ3) is 3.03. The first-order chi connectivity index (χ1) is 11.9. The molecule has 2 aromatic heterocycles. The average Bonchev–Trinajstić information content (AvgIpc) is 2.71. The van der Waals surface area contributed by atoms with Crippen LogP contribution in [0.1, 0.15) is 63.6 Å². The number of aromatic nitrogens is 3. The Morgan fingerprint density at radius 2 is 2.00 bits per heavy atom. The standard InChI is InChI=1S/C19H26N4O2/c1-12-9-10-15-17(20-12)23(14-7-4-8-14)18(21-15)22-16(24)11-19(2,25)13-5-3-6-13/h9-10,13-14,25H,3-8,11H2,1-2H3,(H,21,22,24). The van der Waals surface area contributed by atoms with E-state index < -0.39 is 5.60 Å². The molecule has 2 N–H and O–H groups in total. The van der Waals surface area contributed by atoms with Crippen molar-refractivity contribution < 1.29 is 9.90 Å².